The van der Waals surface area contributed by atoms with E-state index < -0.39 is 6.36 Å². The van der Waals surface area contributed by atoms with Gasteiger partial charge in [-0.25, -0.2) is 0 Å². The van der Waals surface area contributed by atoms with Crippen LogP contribution in [-0.4, -0.2) is 24.4 Å². The lowest BCUT2D eigenvalue weighted by Crippen LogP contribution is -2.19. The highest BCUT2D eigenvalue weighted by Crippen LogP contribution is 2.26. The van der Waals surface area contributed by atoms with E-state index in [0.29, 0.717) is 12.1 Å². The minimum atomic E-state index is -4.66. The number of nitrogens with zero attached hydrogens (tertiary/aromatic N) is 1. The molecule has 5 heteroatoms. The van der Waals surface area contributed by atoms with Gasteiger partial charge < -0.3 is 4.74 Å². The van der Waals surface area contributed by atoms with Crippen molar-refractivity contribution in [3.63, 3.8) is 0 Å². The van der Waals surface area contributed by atoms with Crippen LogP contribution in [0.4, 0.5) is 13.2 Å². The number of benzene rings is 1. The summed E-state index contributed by atoms with van der Waals surface area (Å²) in [5.74, 6) is -0.181. The van der Waals surface area contributed by atoms with Crippen molar-refractivity contribution >= 4 is 6.08 Å². The highest BCUT2D eigenvalue weighted by molar-refractivity contribution is 5.51. The molecule has 1 saturated heterocycles. The van der Waals surface area contributed by atoms with Crippen molar-refractivity contribution in [3.05, 3.63) is 35.9 Å². The lowest BCUT2D eigenvalue weighted by Gasteiger charge is -2.16. The second-order valence-electron chi connectivity index (χ2n) is 4.65. The van der Waals surface area contributed by atoms with E-state index in [0.717, 1.165) is 31.5 Å². The molecular formula is C14H16F3NO. The monoisotopic (exact) mass is 271 g/mol. The molecule has 2 nitrogen and oxygen atoms in total. The number of likely N-dealkylation sites (tertiary alicyclic amines) is 1. The Balaban J connectivity index is 2.17. The second kappa shape index (κ2) is 5.65. The molecule has 19 heavy (non-hydrogen) atoms. The first kappa shape index (κ1) is 13.9. The fraction of sp³-hybridized carbons (Fsp3) is 0.429. The predicted octanol–water partition coefficient (Wildman–Crippen LogP) is 3.82. The summed E-state index contributed by atoms with van der Waals surface area (Å²) >= 11 is 0. The van der Waals surface area contributed by atoms with Crippen LogP contribution >= 0.6 is 0 Å². The van der Waals surface area contributed by atoms with Gasteiger partial charge in [0.25, 0.3) is 0 Å². The molecule has 0 saturated carbocycles. The molecule has 1 fully saturated rings. The Morgan fingerprint density at radius 1 is 1.21 bits per heavy atom. The lowest BCUT2D eigenvalue weighted by atomic mass is 10.1. The van der Waals surface area contributed by atoms with Gasteiger partial charge in [-0.2, -0.15) is 0 Å². The topological polar surface area (TPSA) is 12.5 Å². The largest absolute Gasteiger partial charge is 0.573 e. The zero-order chi connectivity index (χ0) is 13.9. The summed E-state index contributed by atoms with van der Waals surface area (Å²) in [5.41, 5.74) is 1.45. The van der Waals surface area contributed by atoms with E-state index in [2.05, 4.69) is 16.2 Å². The summed E-state index contributed by atoms with van der Waals surface area (Å²) in [4.78, 5) is 2.22. The minimum Gasteiger partial charge on any atom is -0.406 e. The molecule has 0 N–H and O–H groups in total. The Hall–Kier alpha value is -1.49. The minimum absolute atomic E-state index is 0.181. The standard InChI is InChI=1S/C14H16F3NO/c1-2-11-7-12(10-18-5-3-4-6-18)9-13(8-11)19-14(15,16)17/h2,7-9H,1,3-6,10H2. The molecule has 1 aliphatic heterocycles. The molecule has 0 aliphatic carbocycles. The van der Waals surface area contributed by atoms with Gasteiger partial charge >= 0.3 is 6.36 Å². The average molecular weight is 271 g/mol. The molecular weight excluding hydrogens is 255 g/mol. The molecule has 2 rings (SSSR count). The molecule has 1 aromatic rings. The zero-order valence-electron chi connectivity index (χ0n) is 10.5. The van der Waals surface area contributed by atoms with Gasteiger partial charge in [0, 0.05) is 6.54 Å². The number of hydrogen-bond donors (Lipinski definition) is 0. The Morgan fingerprint density at radius 3 is 2.47 bits per heavy atom. The van der Waals surface area contributed by atoms with E-state index in [1.165, 1.54) is 18.2 Å². The van der Waals surface area contributed by atoms with E-state index in [9.17, 15) is 13.2 Å². The molecule has 1 heterocycles. The normalized spacial score (nSPS) is 16.6. The van der Waals surface area contributed by atoms with Gasteiger partial charge in [-0.1, -0.05) is 18.7 Å². The summed E-state index contributed by atoms with van der Waals surface area (Å²) in [6.45, 7) is 6.23. The molecule has 1 aliphatic rings. The number of rotatable bonds is 4. The fourth-order valence-corrected chi connectivity index (χ4v) is 2.29. The van der Waals surface area contributed by atoms with Crippen molar-refractivity contribution in [1.82, 2.24) is 4.90 Å². The number of alkyl halides is 3. The smallest absolute Gasteiger partial charge is 0.406 e. The molecule has 0 bridgehead atoms. The van der Waals surface area contributed by atoms with E-state index >= 15 is 0 Å². The van der Waals surface area contributed by atoms with E-state index in [-0.39, 0.29) is 5.75 Å². The first-order valence-electron chi connectivity index (χ1n) is 6.21. The number of hydrogen-bond acceptors (Lipinski definition) is 2. The predicted molar refractivity (Wildman–Crippen MR) is 67.7 cm³/mol. The van der Waals surface area contributed by atoms with Crippen LogP contribution in [-0.2, 0) is 6.54 Å². The first-order chi connectivity index (χ1) is 8.96. The molecule has 0 radical (unpaired) electrons. The maximum Gasteiger partial charge on any atom is 0.573 e. The number of ether oxygens (including phenoxy) is 1. The van der Waals surface area contributed by atoms with Crippen LogP contribution in [0.3, 0.4) is 0 Å². The highest BCUT2D eigenvalue weighted by atomic mass is 19.4. The van der Waals surface area contributed by atoms with Crippen LogP contribution in [0.2, 0.25) is 0 Å². The Labute approximate surface area is 110 Å². The van der Waals surface area contributed by atoms with Crippen molar-refractivity contribution in [3.8, 4) is 5.75 Å². The molecule has 104 valence electrons. The van der Waals surface area contributed by atoms with Crippen molar-refractivity contribution in [2.45, 2.75) is 25.7 Å². The molecule has 0 unspecified atom stereocenters. The summed E-state index contributed by atoms with van der Waals surface area (Å²) < 4.78 is 40.7. The van der Waals surface area contributed by atoms with Crippen LogP contribution in [0, 0.1) is 0 Å². The molecule has 0 atom stereocenters. The van der Waals surface area contributed by atoms with Gasteiger partial charge in [0.15, 0.2) is 0 Å². The molecule has 0 aromatic heterocycles. The van der Waals surface area contributed by atoms with E-state index in [4.69, 9.17) is 0 Å². The van der Waals surface area contributed by atoms with Crippen molar-refractivity contribution in [2.75, 3.05) is 13.1 Å². The summed E-state index contributed by atoms with van der Waals surface area (Å²) in [6.07, 6.45) is -0.846. The van der Waals surface area contributed by atoms with Gasteiger partial charge in [-0.15, -0.1) is 13.2 Å². The van der Waals surface area contributed by atoms with E-state index in [1.54, 1.807) is 0 Å². The van der Waals surface area contributed by atoms with Crippen molar-refractivity contribution in [1.29, 1.82) is 0 Å². The van der Waals surface area contributed by atoms with Crippen molar-refractivity contribution in [2.24, 2.45) is 0 Å². The lowest BCUT2D eigenvalue weighted by molar-refractivity contribution is -0.274. The van der Waals surface area contributed by atoms with Crippen LogP contribution in [0.25, 0.3) is 6.08 Å². The third kappa shape index (κ3) is 4.28. The Morgan fingerprint density at radius 2 is 1.89 bits per heavy atom. The molecule has 0 amide bonds. The van der Waals surface area contributed by atoms with Crippen LogP contribution in [0.1, 0.15) is 24.0 Å². The Bertz CT molecular complexity index is 450. The maximum absolute atomic E-state index is 12.3. The second-order valence-corrected chi connectivity index (χ2v) is 4.65. The van der Waals surface area contributed by atoms with Crippen LogP contribution in [0.5, 0.6) is 5.75 Å². The average Bonchev–Trinajstić information content (AvgIpc) is 2.79. The van der Waals surface area contributed by atoms with Gasteiger partial charge in [0.2, 0.25) is 0 Å². The third-order valence-corrected chi connectivity index (χ3v) is 3.06. The third-order valence-electron chi connectivity index (χ3n) is 3.06. The fourth-order valence-electron chi connectivity index (χ4n) is 2.29. The van der Waals surface area contributed by atoms with Gasteiger partial charge in [0.1, 0.15) is 5.75 Å². The summed E-state index contributed by atoms with van der Waals surface area (Å²) in [6, 6.07) is 4.63. The zero-order valence-corrected chi connectivity index (χ0v) is 10.5. The summed E-state index contributed by atoms with van der Waals surface area (Å²) in [5, 5.41) is 0. The van der Waals surface area contributed by atoms with Gasteiger partial charge in [-0.3, -0.25) is 4.90 Å². The number of halogens is 3. The Kier molecular flexibility index (Phi) is 4.14. The maximum atomic E-state index is 12.3. The highest BCUT2D eigenvalue weighted by Gasteiger charge is 2.31. The summed E-state index contributed by atoms with van der Waals surface area (Å²) in [7, 11) is 0. The molecule has 1 aromatic carbocycles. The van der Waals surface area contributed by atoms with Crippen LogP contribution in [0.15, 0.2) is 24.8 Å². The molecule has 0 spiro atoms. The van der Waals surface area contributed by atoms with Crippen molar-refractivity contribution < 1.29 is 17.9 Å². The van der Waals surface area contributed by atoms with Gasteiger partial charge in [0.05, 0.1) is 0 Å². The first-order valence-corrected chi connectivity index (χ1v) is 6.21. The van der Waals surface area contributed by atoms with E-state index in [1.807, 2.05) is 6.07 Å². The van der Waals surface area contributed by atoms with Gasteiger partial charge in [-0.05, 0) is 49.2 Å². The SMILES string of the molecule is C=Cc1cc(CN2CCCC2)cc(OC(F)(F)F)c1. The van der Waals surface area contributed by atoms with Crippen LogP contribution < -0.4 is 4.74 Å². The quantitative estimate of drug-likeness (QED) is 0.825.